The van der Waals surface area contributed by atoms with Crippen molar-refractivity contribution in [2.45, 2.75) is 54.1 Å². The van der Waals surface area contributed by atoms with Crippen molar-refractivity contribution in [3.05, 3.63) is 81.4 Å². The van der Waals surface area contributed by atoms with Gasteiger partial charge in [0, 0.05) is 37.0 Å². The van der Waals surface area contributed by atoms with Gasteiger partial charge in [0.05, 0.1) is 22.6 Å². The Hall–Kier alpha value is -3.81. The van der Waals surface area contributed by atoms with Crippen LogP contribution in [0.1, 0.15) is 54.0 Å². The highest BCUT2D eigenvalue weighted by Crippen LogP contribution is 2.25. The van der Waals surface area contributed by atoms with Crippen molar-refractivity contribution < 1.29 is 9.15 Å². The van der Waals surface area contributed by atoms with Gasteiger partial charge in [-0.25, -0.2) is 15.0 Å². The smallest absolute Gasteiger partial charge is 0.261 e. The summed E-state index contributed by atoms with van der Waals surface area (Å²) in [5.74, 6) is 2.06. The lowest BCUT2D eigenvalue weighted by molar-refractivity contribution is 0.297. The van der Waals surface area contributed by atoms with E-state index in [0.29, 0.717) is 28.6 Å². The Bertz CT molecular complexity index is 1370. The predicted molar refractivity (Wildman–Crippen MR) is 125 cm³/mol. The third kappa shape index (κ3) is 4.55. The highest BCUT2D eigenvalue weighted by Gasteiger charge is 2.16. The summed E-state index contributed by atoms with van der Waals surface area (Å²) in [7, 11) is 0. The molecule has 0 aliphatic carbocycles. The fourth-order valence-corrected chi connectivity index (χ4v) is 3.56. The molecule has 0 aliphatic heterocycles. The van der Waals surface area contributed by atoms with Gasteiger partial charge in [-0.3, -0.25) is 14.3 Å². The molecule has 0 aromatic carbocycles. The molecule has 8 nitrogen and oxygen atoms in total. The summed E-state index contributed by atoms with van der Waals surface area (Å²) in [6.45, 7) is 11.7. The van der Waals surface area contributed by atoms with E-state index in [-0.39, 0.29) is 18.1 Å². The molecule has 0 fully saturated rings. The van der Waals surface area contributed by atoms with Crippen molar-refractivity contribution in [1.29, 1.82) is 0 Å². The Morgan fingerprint density at radius 1 is 1.06 bits per heavy atom. The summed E-state index contributed by atoms with van der Waals surface area (Å²) in [4.78, 5) is 31.1. The first-order chi connectivity index (χ1) is 15.7. The van der Waals surface area contributed by atoms with E-state index in [1.807, 2.05) is 45.9 Å². The Morgan fingerprint density at radius 2 is 1.85 bits per heavy atom. The largest absolute Gasteiger partial charge is 0.487 e. The van der Waals surface area contributed by atoms with Crippen molar-refractivity contribution in [1.82, 2.24) is 24.5 Å². The molecule has 0 atom stereocenters. The molecule has 0 saturated carbocycles. The number of ether oxygens (including phenoxy) is 1. The lowest BCUT2D eigenvalue weighted by Crippen LogP contribution is -2.24. The number of pyridine rings is 2. The van der Waals surface area contributed by atoms with E-state index < -0.39 is 0 Å². The maximum atomic E-state index is 13.4. The molecule has 0 amide bonds. The molecule has 4 heterocycles. The summed E-state index contributed by atoms with van der Waals surface area (Å²) in [5.41, 5.74) is 4.85. The quantitative estimate of drug-likeness (QED) is 0.427. The lowest BCUT2D eigenvalue weighted by Gasteiger charge is -2.17. The van der Waals surface area contributed by atoms with Gasteiger partial charge in [0.15, 0.2) is 5.89 Å². The maximum Gasteiger partial charge on any atom is 0.261 e. The van der Waals surface area contributed by atoms with Crippen molar-refractivity contribution in [2.24, 2.45) is 0 Å². The van der Waals surface area contributed by atoms with E-state index in [2.05, 4.69) is 19.9 Å². The van der Waals surface area contributed by atoms with E-state index in [1.165, 1.54) is 0 Å². The number of hydrogen-bond acceptors (Lipinski definition) is 7. The Labute approximate surface area is 192 Å². The van der Waals surface area contributed by atoms with E-state index >= 15 is 0 Å². The minimum atomic E-state index is -0.146. The summed E-state index contributed by atoms with van der Waals surface area (Å²) in [6.07, 6.45) is 5.06. The lowest BCUT2D eigenvalue weighted by atomic mass is 10.1. The van der Waals surface area contributed by atoms with Crippen molar-refractivity contribution in [2.75, 3.05) is 0 Å². The molecule has 4 rings (SSSR count). The molecule has 0 unspecified atom stereocenters. The van der Waals surface area contributed by atoms with E-state index in [1.54, 1.807) is 37.1 Å². The topological polar surface area (TPSA) is 95.9 Å². The Kier molecular flexibility index (Phi) is 6.09. The van der Waals surface area contributed by atoms with Crippen LogP contribution in [0.5, 0.6) is 5.75 Å². The third-order valence-electron chi connectivity index (χ3n) is 5.40. The van der Waals surface area contributed by atoms with Crippen LogP contribution in [0.15, 0.2) is 46.1 Å². The van der Waals surface area contributed by atoms with Gasteiger partial charge in [-0.05, 0) is 38.5 Å². The van der Waals surface area contributed by atoms with Crippen molar-refractivity contribution in [3.63, 3.8) is 0 Å². The molecule has 0 bridgehead atoms. The van der Waals surface area contributed by atoms with E-state index in [9.17, 15) is 4.79 Å². The monoisotopic (exact) mass is 445 g/mol. The predicted octanol–water partition coefficient (Wildman–Crippen LogP) is 4.61. The van der Waals surface area contributed by atoms with Gasteiger partial charge in [0.2, 0.25) is 0 Å². The van der Waals surface area contributed by atoms with E-state index in [4.69, 9.17) is 9.15 Å². The first-order valence-corrected chi connectivity index (χ1v) is 10.8. The Morgan fingerprint density at radius 3 is 2.55 bits per heavy atom. The SMILES string of the molecule is Cc1nc(COc2cc(C)n(-c3cc(-c4ccnc(C(C)C)n4)ncc3C)c(=O)c2C)co1. The van der Waals surface area contributed by atoms with Crippen LogP contribution in [0.4, 0.5) is 0 Å². The van der Waals surface area contributed by atoms with Crippen LogP contribution in [0, 0.1) is 27.7 Å². The number of aromatic nitrogens is 5. The fraction of sp³-hybridized carbons (Fsp3) is 0.320. The maximum absolute atomic E-state index is 13.4. The van der Waals surface area contributed by atoms with Gasteiger partial charge < -0.3 is 9.15 Å². The van der Waals surface area contributed by atoms with E-state index in [0.717, 1.165) is 28.5 Å². The number of nitrogens with zero attached hydrogens (tertiary/aromatic N) is 5. The molecular formula is C25H27N5O3. The van der Waals surface area contributed by atoms with Crippen LogP contribution in [-0.2, 0) is 6.61 Å². The van der Waals surface area contributed by atoms with Crippen molar-refractivity contribution >= 4 is 0 Å². The molecule has 0 aliphatic rings. The first kappa shape index (κ1) is 22.4. The number of rotatable bonds is 6. The average molecular weight is 446 g/mol. The highest BCUT2D eigenvalue weighted by molar-refractivity contribution is 5.59. The second-order valence-corrected chi connectivity index (χ2v) is 8.37. The minimum absolute atomic E-state index is 0.146. The summed E-state index contributed by atoms with van der Waals surface area (Å²) < 4.78 is 12.8. The first-order valence-electron chi connectivity index (χ1n) is 10.8. The van der Waals surface area contributed by atoms with Gasteiger partial charge in [-0.15, -0.1) is 0 Å². The zero-order chi connectivity index (χ0) is 23.7. The average Bonchev–Trinajstić information content (AvgIpc) is 3.21. The van der Waals surface area contributed by atoms with Crippen LogP contribution >= 0.6 is 0 Å². The zero-order valence-electron chi connectivity index (χ0n) is 19.7. The molecule has 8 heteroatoms. The van der Waals surface area contributed by atoms with Crippen LogP contribution in [-0.4, -0.2) is 24.5 Å². The molecule has 0 N–H and O–H groups in total. The molecular weight excluding hydrogens is 418 g/mol. The van der Waals surface area contributed by atoms with Gasteiger partial charge in [0.25, 0.3) is 5.56 Å². The van der Waals surface area contributed by atoms with Crippen molar-refractivity contribution in [3.8, 4) is 22.8 Å². The standard InChI is InChI=1S/C25H27N5O3/c1-14(2)24-26-8-7-20(29-24)21-10-22(15(3)11-27-21)30-16(4)9-23(17(5)25(30)31)33-13-19-12-32-18(6)28-19/h7-12,14H,13H2,1-6H3. The van der Waals surface area contributed by atoms with Gasteiger partial charge in [0.1, 0.15) is 30.1 Å². The molecule has 33 heavy (non-hydrogen) atoms. The summed E-state index contributed by atoms with van der Waals surface area (Å²) >= 11 is 0. The summed E-state index contributed by atoms with van der Waals surface area (Å²) in [6, 6.07) is 5.59. The second kappa shape index (κ2) is 8.97. The third-order valence-corrected chi connectivity index (χ3v) is 5.40. The normalized spacial score (nSPS) is 11.2. The zero-order valence-corrected chi connectivity index (χ0v) is 19.7. The highest BCUT2D eigenvalue weighted by atomic mass is 16.5. The van der Waals surface area contributed by atoms with Gasteiger partial charge >= 0.3 is 0 Å². The van der Waals surface area contributed by atoms with Gasteiger partial charge in [-0.1, -0.05) is 13.8 Å². The molecule has 4 aromatic rings. The molecule has 170 valence electrons. The van der Waals surface area contributed by atoms with Crippen LogP contribution in [0.2, 0.25) is 0 Å². The molecule has 0 spiro atoms. The fourth-order valence-electron chi connectivity index (χ4n) is 3.56. The van der Waals surface area contributed by atoms with Crippen LogP contribution in [0.3, 0.4) is 0 Å². The number of oxazole rings is 1. The molecule has 4 aromatic heterocycles. The Balaban J connectivity index is 1.73. The minimum Gasteiger partial charge on any atom is -0.487 e. The molecule has 0 saturated heterocycles. The van der Waals surface area contributed by atoms with Crippen LogP contribution < -0.4 is 10.3 Å². The number of aryl methyl sites for hydroxylation is 3. The van der Waals surface area contributed by atoms with Crippen LogP contribution in [0.25, 0.3) is 17.1 Å². The van der Waals surface area contributed by atoms with Gasteiger partial charge in [-0.2, -0.15) is 0 Å². The summed E-state index contributed by atoms with van der Waals surface area (Å²) in [5, 5.41) is 0. The molecule has 0 radical (unpaired) electrons. The second-order valence-electron chi connectivity index (χ2n) is 8.37. The number of hydrogen-bond donors (Lipinski definition) is 0.